The summed E-state index contributed by atoms with van der Waals surface area (Å²) in [6.07, 6.45) is 0. The number of benzene rings is 1. The second kappa shape index (κ2) is 4.14. The van der Waals surface area contributed by atoms with Crippen LogP contribution in [0.3, 0.4) is 0 Å². The zero-order valence-corrected chi connectivity index (χ0v) is 10.4. The molecule has 1 aromatic carbocycles. The van der Waals surface area contributed by atoms with E-state index < -0.39 is 0 Å². The Morgan fingerprint density at radius 2 is 1.69 bits per heavy atom. The molecule has 4 heteroatoms. The Morgan fingerprint density at radius 1 is 1.12 bits per heavy atom. The van der Waals surface area contributed by atoms with Gasteiger partial charge in [0.2, 0.25) is 0 Å². The third-order valence-electron chi connectivity index (χ3n) is 2.35. The molecule has 0 amide bonds. The van der Waals surface area contributed by atoms with Crippen molar-refractivity contribution in [1.29, 1.82) is 0 Å². The van der Waals surface area contributed by atoms with Gasteiger partial charge in [0.1, 0.15) is 10.7 Å². The van der Waals surface area contributed by atoms with Crippen LogP contribution in [0.15, 0.2) is 24.3 Å². The van der Waals surface area contributed by atoms with Crippen LogP contribution in [0.1, 0.15) is 11.4 Å². The van der Waals surface area contributed by atoms with Crippen LogP contribution in [0.4, 0.5) is 0 Å². The smallest absolute Gasteiger partial charge is 0.129 e. The van der Waals surface area contributed by atoms with E-state index in [1.165, 1.54) is 0 Å². The number of thiocarbonyl (C=S) groups is 1. The highest BCUT2D eigenvalue weighted by molar-refractivity contribution is 7.80. The standard InChI is InChI=1S/C12H13N3S/c1-8-11(12(16)15(2)3)14-10-7-5-4-6-9(10)13-8/h4-7H,1-3H3. The summed E-state index contributed by atoms with van der Waals surface area (Å²) in [6, 6.07) is 7.82. The maximum atomic E-state index is 5.32. The number of rotatable bonds is 1. The van der Waals surface area contributed by atoms with Gasteiger partial charge in [-0.15, -0.1) is 0 Å². The number of aryl methyl sites for hydroxylation is 1. The second-order valence-corrected chi connectivity index (χ2v) is 4.23. The summed E-state index contributed by atoms with van der Waals surface area (Å²) in [5.41, 5.74) is 3.45. The normalized spacial score (nSPS) is 10.4. The van der Waals surface area contributed by atoms with Crippen molar-refractivity contribution in [3.63, 3.8) is 0 Å². The van der Waals surface area contributed by atoms with Crippen molar-refractivity contribution >= 4 is 28.2 Å². The average Bonchev–Trinajstić information content (AvgIpc) is 2.27. The molecule has 0 radical (unpaired) electrons. The molecule has 0 aliphatic carbocycles. The summed E-state index contributed by atoms with van der Waals surface area (Å²) in [6.45, 7) is 1.94. The van der Waals surface area contributed by atoms with Crippen molar-refractivity contribution in [3.05, 3.63) is 35.7 Å². The zero-order chi connectivity index (χ0) is 11.7. The summed E-state index contributed by atoms with van der Waals surface area (Å²) in [7, 11) is 3.83. The highest BCUT2D eigenvalue weighted by atomic mass is 32.1. The van der Waals surface area contributed by atoms with E-state index in [1.54, 1.807) is 0 Å². The minimum atomic E-state index is 0.718. The third kappa shape index (κ3) is 1.88. The van der Waals surface area contributed by atoms with E-state index in [4.69, 9.17) is 12.2 Å². The Labute approximate surface area is 100 Å². The van der Waals surface area contributed by atoms with Gasteiger partial charge in [-0.25, -0.2) is 9.97 Å². The minimum Gasteiger partial charge on any atom is -0.367 e. The van der Waals surface area contributed by atoms with Gasteiger partial charge in [-0.2, -0.15) is 0 Å². The maximum Gasteiger partial charge on any atom is 0.129 e. The molecule has 2 aromatic rings. The third-order valence-corrected chi connectivity index (χ3v) is 2.91. The molecule has 0 spiro atoms. The molecule has 0 atom stereocenters. The number of aromatic nitrogens is 2. The predicted octanol–water partition coefficient (Wildman–Crippen LogP) is 2.18. The lowest BCUT2D eigenvalue weighted by Gasteiger charge is -2.14. The highest BCUT2D eigenvalue weighted by Gasteiger charge is 2.11. The molecule has 0 aliphatic rings. The molecule has 1 aromatic heterocycles. The first-order chi connectivity index (χ1) is 7.59. The fraction of sp³-hybridized carbons (Fsp3) is 0.250. The second-order valence-electron chi connectivity index (χ2n) is 3.85. The van der Waals surface area contributed by atoms with E-state index in [9.17, 15) is 0 Å². The topological polar surface area (TPSA) is 29.0 Å². The highest BCUT2D eigenvalue weighted by Crippen LogP contribution is 2.13. The lowest BCUT2D eigenvalue weighted by atomic mass is 10.2. The van der Waals surface area contributed by atoms with Crippen molar-refractivity contribution in [2.45, 2.75) is 6.92 Å². The molecule has 0 fully saturated rings. The molecular formula is C12H13N3S. The summed E-state index contributed by atoms with van der Waals surface area (Å²) in [5, 5.41) is 0. The van der Waals surface area contributed by atoms with Crippen molar-refractivity contribution < 1.29 is 0 Å². The Hall–Kier alpha value is -1.55. The van der Waals surface area contributed by atoms with Gasteiger partial charge in [0.15, 0.2) is 0 Å². The van der Waals surface area contributed by atoms with E-state index in [2.05, 4.69) is 9.97 Å². The molecule has 0 saturated carbocycles. The SMILES string of the molecule is Cc1nc2ccccc2nc1C(=S)N(C)C. The first-order valence-corrected chi connectivity index (χ1v) is 5.45. The molecule has 0 bridgehead atoms. The zero-order valence-electron chi connectivity index (χ0n) is 9.56. The van der Waals surface area contributed by atoms with E-state index >= 15 is 0 Å². The summed E-state index contributed by atoms with van der Waals surface area (Å²) in [4.78, 5) is 11.6. The van der Waals surface area contributed by atoms with Crippen LogP contribution in [0.2, 0.25) is 0 Å². The number of nitrogens with zero attached hydrogens (tertiary/aromatic N) is 3. The number of para-hydroxylation sites is 2. The van der Waals surface area contributed by atoms with E-state index in [0.717, 1.165) is 27.4 Å². The molecule has 1 heterocycles. The van der Waals surface area contributed by atoms with Gasteiger partial charge in [-0.1, -0.05) is 24.4 Å². The quantitative estimate of drug-likeness (QED) is 0.703. The van der Waals surface area contributed by atoms with E-state index in [1.807, 2.05) is 50.2 Å². The molecule has 3 nitrogen and oxygen atoms in total. The molecule has 2 rings (SSSR count). The van der Waals surface area contributed by atoms with Crippen LogP contribution >= 0.6 is 12.2 Å². The lowest BCUT2D eigenvalue weighted by molar-refractivity contribution is 0.633. The van der Waals surface area contributed by atoms with Crippen LogP contribution < -0.4 is 0 Å². The number of hydrogen-bond donors (Lipinski definition) is 0. The molecule has 0 N–H and O–H groups in total. The maximum absolute atomic E-state index is 5.32. The van der Waals surface area contributed by atoms with Gasteiger partial charge in [0.05, 0.1) is 16.7 Å². The Balaban J connectivity index is 2.63. The van der Waals surface area contributed by atoms with Gasteiger partial charge < -0.3 is 4.90 Å². The largest absolute Gasteiger partial charge is 0.367 e. The fourth-order valence-corrected chi connectivity index (χ4v) is 1.70. The van der Waals surface area contributed by atoms with Crippen LogP contribution in [-0.4, -0.2) is 34.0 Å². The first-order valence-electron chi connectivity index (χ1n) is 5.04. The van der Waals surface area contributed by atoms with Crippen LogP contribution in [-0.2, 0) is 0 Å². The molecule has 0 aliphatic heterocycles. The molecule has 0 unspecified atom stereocenters. The van der Waals surface area contributed by atoms with Crippen molar-refractivity contribution in [2.24, 2.45) is 0 Å². The van der Waals surface area contributed by atoms with Crippen LogP contribution in [0.5, 0.6) is 0 Å². The monoisotopic (exact) mass is 231 g/mol. The molecular weight excluding hydrogens is 218 g/mol. The summed E-state index contributed by atoms with van der Waals surface area (Å²) < 4.78 is 0. The summed E-state index contributed by atoms with van der Waals surface area (Å²) in [5.74, 6) is 0. The van der Waals surface area contributed by atoms with Crippen molar-refractivity contribution in [2.75, 3.05) is 14.1 Å². The van der Waals surface area contributed by atoms with E-state index in [0.29, 0.717) is 0 Å². The first kappa shape index (κ1) is 11.0. The number of hydrogen-bond acceptors (Lipinski definition) is 3. The Morgan fingerprint density at radius 3 is 2.25 bits per heavy atom. The lowest BCUT2D eigenvalue weighted by Crippen LogP contribution is -2.23. The predicted molar refractivity (Wildman–Crippen MR) is 69.7 cm³/mol. The van der Waals surface area contributed by atoms with Crippen LogP contribution in [0, 0.1) is 6.92 Å². The van der Waals surface area contributed by atoms with Crippen LogP contribution in [0.25, 0.3) is 11.0 Å². The van der Waals surface area contributed by atoms with Gasteiger partial charge in [-0.3, -0.25) is 0 Å². The Bertz CT molecular complexity index is 549. The van der Waals surface area contributed by atoms with Gasteiger partial charge in [0, 0.05) is 14.1 Å². The molecule has 82 valence electrons. The van der Waals surface area contributed by atoms with Gasteiger partial charge in [-0.05, 0) is 19.1 Å². The fourth-order valence-electron chi connectivity index (χ4n) is 1.50. The van der Waals surface area contributed by atoms with Gasteiger partial charge in [0.25, 0.3) is 0 Å². The average molecular weight is 231 g/mol. The minimum absolute atomic E-state index is 0.718. The van der Waals surface area contributed by atoms with E-state index in [-0.39, 0.29) is 0 Å². The number of fused-ring (bicyclic) bond motifs is 1. The van der Waals surface area contributed by atoms with Crippen molar-refractivity contribution in [3.8, 4) is 0 Å². The van der Waals surface area contributed by atoms with Gasteiger partial charge >= 0.3 is 0 Å². The van der Waals surface area contributed by atoms with Crippen molar-refractivity contribution in [1.82, 2.24) is 14.9 Å². The summed E-state index contributed by atoms with van der Waals surface area (Å²) >= 11 is 5.32. The molecule has 16 heavy (non-hydrogen) atoms. The molecule has 0 saturated heterocycles. The Kier molecular flexibility index (Phi) is 2.83.